The number of rotatable bonds is 5. The van der Waals surface area contributed by atoms with Crippen molar-refractivity contribution in [1.82, 2.24) is 21.3 Å². The van der Waals surface area contributed by atoms with Crippen LogP contribution >= 0.6 is 0 Å². The second-order valence-electron chi connectivity index (χ2n) is 16.4. The Labute approximate surface area is 231 Å². The summed E-state index contributed by atoms with van der Waals surface area (Å²) < 4.78 is 11.8. The first-order valence-corrected chi connectivity index (χ1v) is 14.6. The molecule has 8 nitrogen and oxygen atoms in total. The predicted molar refractivity (Wildman–Crippen MR) is 152 cm³/mol. The van der Waals surface area contributed by atoms with Crippen molar-refractivity contribution in [3.63, 3.8) is 0 Å². The van der Waals surface area contributed by atoms with E-state index in [0.717, 1.165) is 44.9 Å². The molecule has 0 aromatic heterocycles. The van der Waals surface area contributed by atoms with Crippen LogP contribution in [0, 0.1) is 10.8 Å². The third-order valence-corrected chi connectivity index (χ3v) is 8.28. The van der Waals surface area contributed by atoms with Gasteiger partial charge in [-0.15, -0.1) is 0 Å². The maximum Gasteiger partial charge on any atom is 0.407 e. The SMILES string of the molecule is CC1(C)CC(NC(=O)OC2CC(C)(C)NC(C)(C)C2)CC(C)(CNC(=O)OC2CC(C)(C)NC(C)(C)C2)C1. The van der Waals surface area contributed by atoms with Gasteiger partial charge in [-0.25, -0.2) is 9.59 Å². The van der Waals surface area contributed by atoms with E-state index in [-0.39, 0.29) is 63.4 Å². The van der Waals surface area contributed by atoms with Gasteiger partial charge >= 0.3 is 12.2 Å². The molecule has 0 aromatic carbocycles. The van der Waals surface area contributed by atoms with Gasteiger partial charge in [0.1, 0.15) is 12.2 Å². The van der Waals surface area contributed by atoms with Crippen LogP contribution in [0.2, 0.25) is 0 Å². The van der Waals surface area contributed by atoms with Crippen molar-refractivity contribution in [1.29, 1.82) is 0 Å². The van der Waals surface area contributed by atoms with Crippen LogP contribution in [0.5, 0.6) is 0 Å². The molecule has 3 aliphatic rings. The standard InChI is InChI=1S/C30H56N4O4/c1-25(2)12-20(32-24(36)38-22-16-28(7,8)34-29(9,10)17-22)13-30(11,18-25)19-31-23(35)37-21-14-26(3,4)33-27(5,6)15-21/h20-22,33-34H,12-19H2,1-11H3,(H,31,35)(H,32,36). The summed E-state index contributed by atoms with van der Waals surface area (Å²) in [7, 11) is 0. The van der Waals surface area contributed by atoms with E-state index in [0.29, 0.717) is 6.54 Å². The highest BCUT2D eigenvalue weighted by Gasteiger charge is 2.44. The molecule has 2 saturated heterocycles. The molecule has 2 amide bonds. The summed E-state index contributed by atoms with van der Waals surface area (Å²) in [6.07, 6.45) is 4.83. The van der Waals surface area contributed by atoms with E-state index in [1.54, 1.807) is 0 Å². The number of carbonyl (C=O) groups is 2. The zero-order valence-corrected chi connectivity index (χ0v) is 26.0. The quantitative estimate of drug-likeness (QED) is 0.363. The van der Waals surface area contributed by atoms with E-state index < -0.39 is 0 Å². The fourth-order valence-corrected chi connectivity index (χ4v) is 8.33. The first-order chi connectivity index (χ1) is 17.1. The van der Waals surface area contributed by atoms with Crippen molar-refractivity contribution >= 4 is 12.2 Å². The average Bonchev–Trinajstić information content (AvgIpc) is 2.59. The molecule has 3 rings (SSSR count). The summed E-state index contributed by atoms with van der Waals surface area (Å²) in [6.45, 7) is 24.4. The van der Waals surface area contributed by atoms with Crippen LogP contribution in [-0.4, -0.2) is 59.1 Å². The molecule has 2 heterocycles. The van der Waals surface area contributed by atoms with Crippen molar-refractivity contribution in [3.8, 4) is 0 Å². The van der Waals surface area contributed by atoms with Gasteiger partial charge in [-0.3, -0.25) is 0 Å². The number of alkyl carbamates (subject to hydrolysis) is 2. The van der Waals surface area contributed by atoms with E-state index >= 15 is 0 Å². The molecule has 38 heavy (non-hydrogen) atoms. The van der Waals surface area contributed by atoms with E-state index in [4.69, 9.17) is 9.47 Å². The first kappa shape index (κ1) is 31.0. The monoisotopic (exact) mass is 536 g/mol. The maximum absolute atomic E-state index is 13.0. The molecule has 0 radical (unpaired) electrons. The number of amides is 2. The Balaban J connectivity index is 1.54. The summed E-state index contributed by atoms with van der Waals surface area (Å²) in [5.41, 5.74) is -0.475. The zero-order chi connectivity index (χ0) is 28.8. The van der Waals surface area contributed by atoms with Crippen molar-refractivity contribution in [3.05, 3.63) is 0 Å². The Morgan fingerprint density at radius 1 is 0.658 bits per heavy atom. The van der Waals surface area contributed by atoms with Gasteiger partial charge in [0.15, 0.2) is 0 Å². The largest absolute Gasteiger partial charge is 0.446 e. The lowest BCUT2D eigenvalue weighted by Gasteiger charge is -2.48. The molecule has 0 spiro atoms. The molecule has 220 valence electrons. The summed E-state index contributed by atoms with van der Waals surface area (Å²) in [5, 5.41) is 13.5. The van der Waals surface area contributed by atoms with Crippen LogP contribution in [0.1, 0.15) is 121 Å². The van der Waals surface area contributed by atoms with E-state index in [2.05, 4.69) is 97.4 Å². The number of carbonyl (C=O) groups excluding carboxylic acids is 2. The molecule has 0 bridgehead atoms. The average molecular weight is 537 g/mol. The van der Waals surface area contributed by atoms with Crippen LogP contribution in [0.3, 0.4) is 0 Å². The molecule has 3 fully saturated rings. The fourth-order valence-electron chi connectivity index (χ4n) is 8.33. The van der Waals surface area contributed by atoms with Crippen LogP contribution in [-0.2, 0) is 9.47 Å². The van der Waals surface area contributed by atoms with Crippen LogP contribution in [0.25, 0.3) is 0 Å². The fraction of sp³-hybridized carbons (Fsp3) is 0.933. The molecule has 1 saturated carbocycles. The second kappa shape index (κ2) is 10.5. The van der Waals surface area contributed by atoms with Crippen molar-refractivity contribution in [2.75, 3.05) is 6.54 Å². The van der Waals surface area contributed by atoms with Gasteiger partial charge in [0.05, 0.1) is 0 Å². The normalized spacial score (nSPS) is 32.1. The molecule has 1 aliphatic carbocycles. The minimum Gasteiger partial charge on any atom is -0.446 e. The van der Waals surface area contributed by atoms with Gasteiger partial charge in [0, 0.05) is 60.4 Å². The van der Waals surface area contributed by atoms with Crippen molar-refractivity contribution < 1.29 is 19.1 Å². The van der Waals surface area contributed by atoms with Crippen molar-refractivity contribution in [2.24, 2.45) is 10.8 Å². The lowest BCUT2D eigenvalue weighted by Crippen LogP contribution is -2.60. The first-order valence-electron chi connectivity index (χ1n) is 14.6. The Morgan fingerprint density at radius 2 is 1.08 bits per heavy atom. The summed E-state index contributed by atoms with van der Waals surface area (Å²) in [6, 6.07) is -0.0113. The summed E-state index contributed by atoms with van der Waals surface area (Å²) >= 11 is 0. The van der Waals surface area contributed by atoms with Crippen LogP contribution < -0.4 is 21.3 Å². The van der Waals surface area contributed by atoms with Gasteiger partial charge in [-0.1, -0.05) is 20.8 Å². The smallest absolute Gasteiger partial charge is 0.407 e. The topological polar surface area (TPSA) is 101 Å². The molecular weight excluding hydrogens is 480 g/mol. The van der Waals surface area contributed by atoms with Crippen LogP contribution in [0.15, 0.2) is 0 Å². The van der Waals surface area contributed by atoms with Crippen molar-refractivity contribution in [2.45, 2.75) is 162 Å². The molecule has 0 aromatic rings. The zero-order valence-electron chi connectivity index (χ0n) is 26.0. The third kappa shape index (κ3) is 9.29. The van der Waals surface area contributed by atoms with E-state index in [1.807, 2.05) is 0 Å². The summed E-state index contributed by atoms with van der Waals surface area (Å²) in [4.78, 5) is 25.8. The maximum atomic E-state index is 13.0. The number of ether oxygens (including phenoxy) is 2. The number of nitrogens with one attached hydrogen (secondary N) is 4. The van der Waals surface area contributed by atoms with E-state index in [9.17, 15) is 9.59 Å². The number of hydrogen-bond donors (Lipinski definition) is 4. The van der Waals surface area contributed by atoms with Gasteiger partial charge in [0.2, 0.25) is 0 Å². The molecule has 4 N–H and O–H groups in total. The van der Waals surface area contributed by atoms with Gasteiger partial charge in [-0.05, 0) is 85.5 Å². The molecule has 2 unspecified atom stereocenters. The summed E-state index contributed by atoms with van der Waals surface area (Å²) in [5.74, 6) is 0. The Morgan fingerprint density at radius 3 is 1.53 bits per heavy atom. The number of hydrogen-bond acceptors (Lipinski definition) is 6. The Hall–Kier alpha value is -1.54. The predicted octanol–water partition coefficient (Wildman–Crippen LogP) is 5.64. The highest BCUT2D eigenvalue weighted by Crippen LogP contribution is 2.46. The van der Waals surface area contributed by atoms with E-state index in [1.165, 1.54) is 0 Å². The van der Waals surface area contributed by atoms with Crippen LogP contribution in [0.4, 0.5) is 9.59 Å². The van der Waals surface area contributed by atoms with Gasteiger partial charge in [-0.2, -0.15) is 0 Å². The lowest BCUT2D eigenvalue weighted by molar-refractivity contribution is 0.00838. The Bertz CT molecular complexity index is 849. The molecule has 2 aliphatic heterocycles. The minimum absolute atomic E-state index is 0.0113. The highest BCUT2D eigenvalue weighted by molar-refractivity contribution is 5.68. The molecular formula is C30H56N4O4. The lowest BCUT2D eigenvalue weighted by atomic mass is 9.62. The second-order valence-corrected chi connectivity index (χ2v) is 16.4. The third-order valence-electron chi connectivity index (χ3n) is 8.28. The molecule has 8 heteroatoms. The molecule has 2 atom stereocenters. The van der Waals surface area contributed by atoms with Gasteiger partial charge in [0.25, 0.3) is 0 Å². The number of piperidine rings is 2. The Kier molecular flexibility index (Phi) is 8.53. The highest BCUT2D eigenvalue weighted by atomic mass is 16.6. The minimum atomic E-state index is -0.354. The van der Waals surface area contributed by atoms with Gasteiger partial charge < -0.3 is 30.7 Å².